The molecule has 2 aromatic carbocycles. The molecule has 5 nitrogen and oxygen atoms in total. The summed E-state index contributed by atoms with van der Waals surface area (Å²) in [5.41, 5.74) is 3.48. The molecule has 0 amide bonds. The lowest BCUT2D eigenvalue weighted by Crippen LogP contribution is -1.97. The SMILES string of the molecule is Clc1ccc(-n2nc3ccc(NCc4cnc(Cl)s4)cc3n2)cc1. The standard InChI is InChI=1S/C16H11Cl2N5S/c17-10-1-4-12(5-2-10)23-21-14-6-3-11(7-15(14)22-23)19-8-13-9-20-16(18)24-13/h1-7,9,19H,8H2. The molecule has 0 unspecified atom stereocenters. The zero-order chi connectivity index (χ0) is 16.5. The van der Waals surface area contributed by atoms with Crippen LogP contribution >= 0.6 is 34.5 Å². The number of halogens is 2. The molecule has 0 aliphatic carbocycles. The number of fused-ring (bicyclic) bond motifs is 1. The fraction of sp³-hybridized carbons (Fsp3) is 0.0625. The van der Waals surface area contributed by atoms with Crippen LogP contribution in [0.4, 0.5) is 5.69 Å². The molecule has 2 heterocycles. The number of hydrogen-bond acceptors (Lipinski definition) is 5. The van der Waals surface area contributed by atoms with Gasteiger partial charge in [0.05, 0.1) is 12.2 Å². The van der Waals surface area contributed by atoms with Gasteiger partial charge in [0.2, 0.25) is 0 Å². The predicted octanol–water partition coefficient (Wildman–Crippen LogP) is 4.80. The normalized spacial score (nSPS) is 11.1. The second kappa shape index (κ2) is 6.39. The van der Waals surface area contributed by atoms with Crippen LogP contribution in [0.5, 0.6) is 0 Å². The topological polar surface area (TPSA) is 55.6 Å². The van der Waals surface area contributed by atoms with Crippen molar-refractivity contribution in [3.8, 4) is 5.69 Å². The molecule has 8 heteroatoms. The molecule has 1 N–H and O–H groups in total. The molecule has 0 bridgehead atoms. The Kier molecular flexibility index (Phi) is 4.10. The van der Waals surface area contributed by atoms with Crippen molar-refractivity contribution in [2.24, 2.45) is 0 Å². The number of aromatic nitrogens is 4. The molecule has 2 aromatic heterocycles. The first kappa shape index (κ1) is 15.4. The smallest absolute Gasteiger partial charge is 0.183 e. The van der Waals surface area contributed by atoms with Gasteiger partial charge in [-0.1, -0.05) is 23.2 Å². The molecule has 4 rings (SSSR count). The predicted molar refractivity (Wildman–Crippen MR) is 98.3 cm³/mol. The number of benzene rings is 2. The quantitative estimate of drug-likeness (QED) is 0.556. The van der Waals surface area contributed by atoms with Crippen LogP contribution in [0, 0.1) is 0 Å². The highest BCUT2D eigenvalue weighted by Crippen LogP contribution is 2.21. The molecular formula is C16H11Cl2N5S. The van der Waals surface area contributed by atoms with Gasteiger partial charge in [-0.25, -0.2) is 4.98 Å². The highest BCUT2D eigenvalue weighted by molar-refractivity contribution is 7.15. The Morgan fingerprint density at radius 1 is 1.00 bits per heavy atom. The minimum atomic E-state index is 0.549. The van der Waals surface area contributed by atoms with Gasteiger partial charge in [0.25, 0.3) is 0 Å². The lowest BCUT2D eigenvalue weighted by Gasteiger charge is -2.03. The molecule has 0 saturated heterocycles. The van der Waals surface area contributed by atoms with Crippen LogP contribution in [0.1, 0.15) is 4.88 Å². The third-order valence-electron chi connectivity index (χ3n) is 3.43. The van der Waals surface area contributed by atoms with Crippen molar-refractivity contribution in [2.75, 3.05) is 5.32 Å². The molecule has 0 spiro atoms. The Bertz CT molecular complexity index is 993. The average Bonchev–Trinajstić information content (AvgIpc) is 3.19. The summed E-state index contributed by atoms with van der Waals surface area (Å²) in [6.07, 6.45) is 1.77. The molecule has 0 fully saturated rings. The van der Waals surface area contributed by atoms with E-state index in [1.807, 2.05) is 42.5 Å². The molecule has 0 radical (unpaired) electrons. The highest BCUT2D eigenvalue weighted by Gasteiger charge is 2.06. The number of anilines is 1. The first-order chi connectivity index (χ1) is 11.7. The van der Waals surface area contributed by atoms with Gasteiger partial charge in [0.15, 0.2) is 4.47 Å². The summed E-state index contributed by atoms with van der Waals surface area (Å²) in [4.78, 5) is 6.71. The van der Waals surface area contributed by atoms with Crippen molar-refractivity contribution in [1.82, 2.24) is 20.0 Å². The summed E-state index contributed by atoms with van der Waals surface area (Å²) >= 11 is 13.2. The van der Waals surface area contributed by atoms with Gasteiger partial charge in [0, 0.05) is 21.8 Å². The van der Waals surface area contributed by atoms with E-state index >= 15 is 0 Å². The Morgan fingerprint density at radius 3 is 2.54 bits per heavy atom. The number of hydrogen-bond donors (Lipinski definition) is 1. The zero-order valence-electron chi connectivity index (χ0n) is 12.3. The van der Waals surface area contributed by atoms with Gasteiger partial charge >= 0.3 is 0 Å². The number of nitrogens with one attached hydrogen (secondary N) is 1. The van der Waals surface area contributed by atoms with E-state index in [0.717, 1.165) is 27.3 Å². The van der Waals surface area contributed by atoms with E-state index in [0.29, 0.717) is 16.0 Å². The van der Waals surface area contributed by atoms with Crippen molar-refractivity contribution in [2.45, 2.75) is 6.54 Å². The van der Waals surface area contributed by atoms with Gasteiger partial charge < -0.3 is 5.32 Å². The summed E-state index contributed by atoms with van der Waals surface area (Å²) in [5, 5.41) is 13.0. The summed E-state index contributed by atoms with van der Waals surface area (Å²) < 4.78 is 0.549. The van der Waals surface area contributed by atoms with E-state index in [1.165, 1.54) is 11.3 Å². The van der Waals surface area contributed by atoms with E-state index in [9.17, 15) is 0 Å². The summed E-state index contributed by atoms with van der Waals surface area (Å²) in [7, 11) is 0. The number of thiazole rings is 1. The fourth-order valence-corrected chi connectivity index (χ4v) is 3.31. The Hall–Kier alpha value is -2.15. The second-order valence-electron chi connectivity index (χ2n) is 5.10. The van der Waals surface area contributed by atoms with Crippen molar-refractivity contribution in [3.05, 3.63) is 63.0 Å². The van der Waals surface area contributed by atoms with Crippen molar-refractivity contribution in [1.29, 1.82) is 0 Å². The molecule has 120 valence electrons. The summed E-state index contributed by atoms with van der Waals surface area (Å²) in [5.74, 6) is 0. The number of rotatable bonds is 4. The van der Waals surface area contributed by atoms with E-state index in [-0.39, 0.29) is 0 Å². The van der Waals surface area contributed by atoms with Crippen LogP contribution in [0.25, 0.3) is 16.7 Å². The average molecular weight is 376 g/mol. The molecule has 0 saturated carbocycles. The third kappa shape index (κ3) is 3.21. The van der Waals surface area contributed by atoms with Crippen molar-refractivity contribution >= 4 is 51.3 Å². The van der Waals surface area contributed by atoms with Crippen molar-refractivity contribution in [3.63, 3.8) is 0 Å². The summed E-state index contributed by atoms with van der Waals surface area (Å²) in [6.45, 7) is 0.668. The van der Waals surface area contributed by atoms with Crippen LogP contribution in [-0.2, 0) is 6.54 Å². The second-order valence-corrected chi connectivity index (χ2v) is 7.24. The van der Waals surface area contributed by atoms with E-state index < -0.39 is 0 Å². The zero-order valence-corrected chi connectivity index (χ0v) is 14.6. The van der Waals surface area contributed by atoms with Crippen LogP contribution in [0.2, 0.25) is 9.49 Å². The van der Waals surface area contributed by atoms with E-state index in [2.05, 4.69) is 20.5 Å². The largest absolute Gasteiger partial charge is 0.380 e. The highest BCUT2D eigenvalue weighted by atomic mass is 35.5. The monoisotopic (exact) mass is 375 g/mol. The molecular weight excluding hydrogens is 365 g/mol. The molecule has 24 heavy (non-hydrogen) atoms. The fourth-order valence-electron chi connectivity index (χ4n) is 2.27. The van der Waals surface area contributed by atoms with Gasteiger partial charge in [-0.15, -0.1) is 21.5 Å². The minimum Gasteiger partial charge on any atom is -0.380 e. The Balaban J connectivity index is 1.57. The van der Waals surface area contributed by atoms with Crippen LogP contribution in [0.3, 0.4) is 0 Å². The summed E-state index contributed by atoms with van der Waals surface area (Å²) in [6, 6.07) is 13.3. The van der Waals surface area contributed by atoms with Gasteiger partial charge in [0.1, 0.15) is 11.0 Å². The Morgan fingerprint density at radius 2 is 1.79 bits per heavy atom. The first-order valence-electron chi connectivity index (χ1n) is 7.14. The minimum absolute atomic E-state index is 0.549. The lowest BCUT2D eigenvalue weighted by atomic mass is 10.3. The van der Waals surface area contributed by atoms with Gasteiger partial charge in [-0.3, -0.25) is 0 Å². The van der Waals surface area contributed by atoms with E-state index in [4.69, 9.17) is 23.2 Å². The lowest BCUT2D eigenvalue weighted by molar-refractivity contribution is 0.766. The molecule has 0 aliphatic heterocycles. The first-order valence-corrected chi connectivity index (χ1v) is 8.72. The number of nitrogens with zero attached hydrogens (tertiary/aromatic N) is 4. The maximum atomic E-state index is 5.92. The maximum absolute atomic E-state index is 5.92. The third-order valence-corrected chi connectivity index (χ3v) is 4.80. The van der Waals surface area contributed by atoms with Gasteiger partial charge in [-0.05, 0) is 42.5 Å². The maximum Gasteiger partial charge on any atom is 0.183 e. The molecule has 4 aromatic rings. The van der Waals surface area contributed by atoms with Crippen LogP contribution in [-0.4, -0.2) is 20.0 Å². The van der Waals surface area contributed by atoms with Gasteiger partial charge in [-0.2, -0.15) is 4.80 Å². The van der Waals surface area contributed by atoms with Crippen LogP contribution in [0.15, 0.2) is 48.7 Å². The van der Waals surface area contributed by atoms with Crippen LogP contribution < -0.4 is 5.32 Å². The molecule has 0 aliphatic rings. The molecule has 0 atom stereocenters. The Labute approximate surface area is 151 Å². The van der Waals surface area contributed by atoms with E-state index in [1.54, 1.807) is 11.0 Å². The van der Waals surface area contributed by atoms with Crippen molar-refractivity contribution < 1.29 is 0 Å².